The minimum Gasteiger partial charge on any atom is -0.493 e. The topological polar surface area (TPSA) is 85.0 Å². The lowest BCUT2D eigenvalue weighted by Gasteiger charge is -2.18. The highest BCUT2D eigenvalue weighted by molar-refractivity contribution is 6.31. The number of rotatable bonds is 8. The van der Waals surface area contributed by atoms with Crippen molar-refractivity contribution in [2.24, 2.45) is 0 Å². The molecule has 1 heterocycles. The van der Waals surface area contributed by atoms with Crippen LogP contribution in [0.2, 0.25) is 5.02 Å². The number of benzene rings is 1. The lowest BCUT2D eigenvalue weighted by atomic mass is 10.2. The first-order valence-corrected chi connectivity index (χ1v) is 7.16. The Kier molecular flexibility index (Phi) is 5.84. The molecule has 0 bridgehead atoms. The number of carboxylic acids is 1. The second-order valence-corrected chi connectivity index (χ2v) is 5.35. The molecule has 1 aromatic heterocycles. The van der Waals surface area contributed by atoms with Crippen LogP contribution in [0.1, 0.15) is 11.3 Å². The van der Waals surface area contributed by atoms with E-state index in [0.29, 0.717) is 29.6 Å². The maximum absolute atomic E-state index is 10.6. The second-order valence-electron chi connectivity index (χ2n) is 4.94. The Morgan fingerprint density at radius 2 is 2.17 bits per heavy atom. The van der Waals surface area contributed by atoms with Crippen molar-refractivity contribution < 1.29 is 23.9 Å². The monoisotopic (exact) mass is 340 g/mol. The zero-order chi connectivity index (χ0) is 16.8. The van der Waals surface area contributed by atoms with Crippen LogP contribution in [0.15, 0.2) is 29.0 Å². The number of nitrogens with zero attached hydrogens (tertiary/aromatic N) is 2. The summed E-state index contributed by atoms with van der Waals surface area (Å²) in [7, 11) is 3.41. The zero-order valence-electron chi connectivity index (χ0n) is 12.8. The normalized spacial score (nSPS) is 10.8. The van der Waals surface area contributed by atoms with Gasteiger partial charge in [0, 0.05) is 30.2 Å². The average molecular weight is 341 g/mol. The lowest BCUT2D eigenvalue weighted by Crippen LogP contribution is -2.18. The largest absolute Gasteiger partial charge is 0.493 e. The lowest BCUT2D eigenvalue weighted by molar-refractivity contribution is -0.139. The quantitative estimate of drug-likeness (QED) is 0.789. The molecule has 0 unspecified atom stereocenters. The number of hydrogen-bond acceptors (Lipinski definition) is 6. The van der Waals surface area contributed by atoms with Gasteiger partial charge in [-0.3, -0.25) is 4.90 Å². The fraction of sp³-hybridized carbons (Fsp3) is 0.333. The first-order valence-electron chi connectivity index (χ1n) is 6.78. The van der Waals surface area contributed by atoms with Gasteiger partial charge in [0.15, 0.2) is 18.1 Å². The number of methoxy groups -OCH3 is 1. The van der Waals surface area contributed by atoms with Gasteiger partial charge < -0.3 is 19.1 Å². The minimum absolute atomic E-state index is 0.294. The number of halogens is 1. The van der Waals surface area contributed by atoms with Crippen molar-refractivity contribution >= 4 is 17.6 Å². The number of hydrogen-bond donors (Lipinski definition) is 1. The minimum atomic E-state index is -1.07. The van der Waals surface area contributed by atoms with Gasteiger partial charge in [0.2, 0.25) is 0 Å². The van der Waals surface area contributed by atoms with Crippen LogP contribution in [0.5, 0.6) is 11.5 Å². The fourth-order valence-corrected chi connectivity index (χ4v) is 2.27. The van der Waals surface area contributed by atoms with Crippen LogP contribution in [0, 0.1) is 0 Å². The zero-order valence-corrected chi connectivity index (χ0v) is 13.5. The maximum atomic E-state index is 10.6. The van der Waals surface area contributed by atoms with E-state index in [-0.39, 0.29) is 0 Å². The van der Waals surface area contributed by atoms with Crippen LogP contribution in [0.3, 0.4) is 0 Å². The molecule has 0 aliphatic heterocycles. The second kappa shape index (κ2) is 7.85. The van der Waals surface area contributed by atoms with E-state index in [0.717, 1.165) is 11.3 Å². The molecule has 0 atom stereocenters. The van der Waals surface area contributed by atoms with Gasteiger partial charge in [-0.05, 0) is 18.7 Å². The Morgan fingerprint density at radius 3 is 2.78 bits per heavy atom. The molecule has 2 aromatic rings. The average Bonchev–Trinajstić information content (AvgIpc) is 3.00. The van der Waals surface area contributed by atoms with Crippen molar-refractivity contribution in [3.63, 3.8) is 0 Å². The SMILES string of the molecule is COc1cc(CN(C)Cc2ccon2)c(Cl)cc1OCC(=O)O. The summed E-state index contributed by atoms with van der Waals surface area (Å²) in [4.78, 5) is 12.6. The molecule has 0 spiro atoms. The van der Waals surface area contributed by atoms with Gasteiger partial charge in [-0.1, -0.05) is 16.8 Å². The van der Waals surface area contributed by atoms with Crippen LogP contribution < -0.4 is 9.47 Å². The summed E-state index contributed by atoms with van der Waals surface area (Å²) in [5.74, 6) is -0.345. The van der Waals surface area contributed by atoms with Crippen molar-refractivity contribution in [2.75, 3.05) is 20.8 Å². The van der Waals surface area contributed by atoms with E-state index < -0.39 is 12.6 Å². The van der Waals surface area contributed by atoms with Crippen molar-refractivity contribution in [1.82, 2.24) is 10.1 Å². The van der Waals surface area contributed by atoms with Gasteiger partial charge >= 0.3 is 5.97 Å². The first-order chi connectivity index (χ1) is 11.0. The van der Waals surface area contributed by atoms with Crippen LogP contribution >= 0.6 is 11.6 Å². The number of carboxylic acid groups (broad SMARTS) is 1. The predicted molar refractivity (Wildman–Crippen MR) is 82.8 cm³/mol. The van der Waals surface area contributed by atoms with Crippen molar-refractivity contribution in [1.29, 1.82) is 0 Å². The molecule has 1 N–H and O–H groups in total. The molecule has 0 saturated carbocycles. The number of aromatic nitrogens is 1. The summed E-state index contributed by atoms with van der Waals surface area (Å²) in [6.07, 6.45) is 1.52. The van der Waals surface area contributed by atoms with Crippen LogP contribution in [0.25, 0.3) is 0 Å². The summed E-state index contributed by atoms with van der Waals surface area (Å²) < 4.78 is 15.2. The van der Waals surface area contributed by atoms with Gasteiger partial charge in [0.05, 0.1) is 12.8 Å². The number of ether oxygens (including phenoxy) is 2. The molecule has 0 amide bonds. The predicted octanol–water partition coefficient (Wildman–Crippen LogP) is 2.43. The molecule has 0 fully saturated rings. The molecule has 7 nitrogen and oxygen atoms in total. The summed E-state index contributed by atoms with van der Waals surface area (Å²) in [6.45, 7) is 0.700. The van der Waals surface area contributed by atoms with Gasteiger partial charge in [0.1, 0.15) is 6.26 Å². The van der Waals surface area contributed by atoms with E-state index in [9.17, 15) is 4.79 Å². The van der Waals surface area contributed by atoms with Gasteiger partial charge in [-0.2, -0.15) is 0 Å². The summed E-state index contributed by atoms with van der Waals surface area (Å²) >= 11 is 6.26. The smallest absolute Gasteiger partial charge is 0.341 e. The van der Waals surface area contributed by atoms with E-state index in [4.69, 9.17) is 30.7 Å². The number of carbonyl (C=O) groups is 1. The fourth-order valence-electron chi connectivity index (χ4n) is 2.05. The highest BCUT2D eigenvalue weighted by Gasteiger charge is 2.14. The summed E-state index contributed by atoms with van der Waals surface area (Å²) in [6, 6.07) is 5.09. The molecule has 124 valence electrons. The molecule has 0 radical (unpaired) electrons. The molecule has 23 heavy (non-hydrogen) atoms. The Hall–Kier alpha value is -2.25. The molecule has 2 rings (SSSR count). The van der Waals surface area contributed by atoms with Crippen molar-refractivity contribution in [2.45, 2.75) is 13.1 Å². The first kappa shape index (κ1) is 17.1. The molecule has 0 aliphatic carbocycles. The molecule has 0 aliphatic rings. The van der Waals surface area contributed by atoms with E-state index in [2.05, 4.69) is 5.16 Å². The highest BCUT2D eigenvalue weighted by Crippen LogP contribution is 2.34. The van der Waals surface area contributed by atoms with Crippen molar-refractivity contribution in [3.05, 3.63) is 40.7 Å². The Morgan fingerprint density at radius 1 is 1.39 bits per heavy atom. The molecular weight excluding hydrogens is 324 g/mol. The molecular formula is C15H17ClN2O5. The van der Waals surface area contributed by atoms with Crippen molar-refractivity contribution in [3.8, 4) is 11.5 Å². The third-order valence-electron chi connectivity index (χ3n) is 3.05. The highest BCUT2D eigenvalue weighted by atomic mass is 35.5. The maximum Gasteiger partial charge on any atom is 0.341 e. The summed E-state index contributed by atoms with van der Waals surface area (Å²) in [5.41, 5.74) is 1.65. The molecule has 8 heteroatoms. The third-order valence-corrected chi connectivity index (χ3v) is 3.40. The Bertz CT molecular complexity index is 660. The number of aliphatic carboxylic acids is 1. The molecule has 0 saturated heterocycles. The Balaban J connectivity index is 2.10. The van der Waals surface area contributed by atoms with Gasteiger partial charge in [-0.15, -0.1) is 0 Å². The van der Waals surface area contributed by atoms with Gasteiger partial charge in [0.25, 0.3) is 0 Å². The third kappa shape index (κ3) is 4.87. The van der Waals surface area contributed by atoms with E-state index in [1.165, 1.54) is 13.4 Å². The van der Waals surface area contributed by atoms with E-state index in [1.807, 2.05) is 11.9 Å². The van der Waals surface area contributed by atoms with Crippen LogP contribution in [-0.4, -0.2) is 41.9 Å². The Labute approximate surface area is 138 Å². The summed E-state index contributed by atoms with van der Waals surface area (Å²) in [5, 5.41) is 13.0. The van der Waals surface area contributed by atoms with E-state index in [1.54, 1.807) is 18.2 Å². The van der Waals surface area contributed by atoms with E-state index >= 15 is 0 Å². The van der Waals surface area contributed by atoms with Crippen LogP contribution in [-0.2, 0) is 17.9 Å². The standard InChI is InChI=1S/C15H17ClN2O5/c1-18(8-11-3-4-23-17-11)7-10-5-13(21-2)14(6-12(10)16)22-9-15(19)20/h3-6H,7-9H2,1-2H3,(H,19,20). The van der Waals surface area contributed by atoms with Crippen LogP contribution in [0.4, 0.5) is 0 Å². The molecule has 1 aromatic carbocycles. The van der Waals surface area contributed by atoms with Gasteiger partial charge in [-0.25, -0.2) is 4.79 Å².